The van der Waals surface area contributed by atoms with Gasteiger partial charge in [-0.15, -0.1) is 0 Å². The first-order chi connectivity index (χ1) is 17.5. The van der Waals surface area contributed by atoms with Gasteiger partial charge in [0.15, 0.2) is 5.16 Å². The van der Waals surface area contributed by atoms with Crippen LogP contribution in [0.15, 0.2) is 90.1 Å². The van der Waals surface area contributed by atoms with E-state index in [1.54, 1.807) is 6.07 Å². The van der Waals surface area contributed by atoms with Crippen molar-refractivity contribution in [3.63, 3.8) is 0 Å². The van der Waals surface area contributed by atoms with Crippen molar-refractivity contribution in [2.75, 3.05) is 24.2 Å². The Kier molecular flexibility index (Phi) is 8.48. The summed E-state index contributed by atoms with van der Waals surface area (Å²) in [7, 11) is 0. The lowest BCUT2D eigenvalue weighted by atomic mass is 10.1. The van der Waals surface area contributed by atoms with Crippen molar-refractivity contribution >= 4 is 40.6 Å². The first-order valence-electron chi connectivity index (χ1n) is 11.1. The summed E-state index contributed by atoms with van der Waals surface area (Å²) < 4.78 is 0. The third-order valence-corrected chi connectivity index (χ3v) is 6.26. The third kappa shape index (κ3) is 6.80. The van der Waals surface area contributed by atoms with Gasteiger partial charge in [-0.3, -0.25) is 14.9 Å². The fourth-order valence-electron chi connectivity index (χ4n) is 3.34. The van der Waals surface area contributed by atoms with Gasteiger partial charge in [0.05, 0.1) is 32.8 Å². The summed E-state index contributed by atoms with van der Waals surface area (Å²) in [6.45, 7) is 0.763. The van der Waals surface area contributed by atoms with Crippen LogP contribution in [0.1, 0.15) is 0 Å². The molecule has 4 rings (SSSR count). The quantitative estimate of drug-likeness (QED) is 0.0909. The Labute approximate surface area is 217 Å². The second kappa shape index (κ2) is 12.1. The summed E-state index contributed by atoms with van der Waals surface area (Å²) in [6.07, 6.45) is 0. The molecular weight excluding hydrogens is 498 g/mol. The van der Waals surface area contributed by atoms with Gasteiger partial charge >= 0.3 is 0 Å². The minimum atomic E-state index is -0.504. The lowest BCUT2D eigenvalue weighted by Gasteiger charge is -2.10. The van der Waals surface area contributed by atoms with Gasteiger partial charge in [0.25, 0.3) is 5.69 Å². The van der Waals surface area contributed by atoms with Crippen molar-refractivity contribution in [2.45, 2.75) is 5.16 Å². The molecule has 0 fully saturated rings. The molecule has 0 atom stereocenters. The molecule has 0 saturated carbocycles. The highest BCUT2D eigenvalue weighted by molar-refractivity contribution is 7.99. The zero-order valence-electron chi connectivity index (χ0n) is 19.1. The zero-order valence-corrected chi connectivity index (χ0v) is 20.6. The number of halogens is 1. The number of thioether (sulfide) groups is 1. The molecule has 0 radical (unpaired) electrons. The number of benzene rings is 3. The summed E-state index contributed by atoms with van der Waals surface area (Å²) in [4.78, 5) is 32.0. The topological polar surface area (TPSA) is 110 Å². The van der Waals surface area contributed by atoms with Crippen molar-refractivity contribution in [3.8, 4) is 22.5 Å². The van der Waals surface area contributed by atoms with E-state index in [1.165, 1.54) is 23.9 Å². The maximum Gasteiger partial charge on any atom is 0.271 e. The molecule has 36 heavy (non-hydrogen) atoms. The number of nitro benzene ring substituents is 1. The summed E-state index contributed by atoms with van der Waals surface area (Å²) in [5, 5.41) is 17.5. The van der Waals surface area contributed by atoms with E-state index in [-0.39, 0.29) is 22.4 Å². The number of carbonyl (C=O) groups excluding carboxylic acids is 1. The molecule has 0 aliphatic heterocycles. The molecule has 0 spiro atoms. The first-order valence-corrected chi connectivity index (χ1v) is 12.4. The highest BCUT2D eigenvalue weighted by Gasteiger charge is 2.12. The number of hydrogen-bond acceptors (Lipinski definition) is 7. The maximum atomic E-state index is 12.4. The van der Waals surface area contributed by atoms with Crippen molar-refractivity contribution in [3.05, 3.63) is 100 Å². The lowest BCUT2D eigenvalue weighted by molar-refractivity contribution is -0.384. The maximum absolute atomic E-state index is 12.4. The Bertz CT molecular complexity index is 1300. The summed E-state index contributed by atoms with van der Waals surface area (Å²) in [6, 6.07) is 25.8. The van der Waals surface area contributed by atoms with Crippen LogP contribution >= 0.6 is 23.4 Å². The van der Waals surface area contributed by atoms with Crippen molar-refractivity contribution < 1.29 is 9.72 Å². The molecule has 0 aliphatic carbocycles. The van der Waals surface area contributed by atoms with Crippen molar-refractivity contribution in [2.24, 2.45) is 0 Å². The number of hydrogen-bond donors (Lipinski definition) is 2. The molecule has 3 aromatic carbocycles. The minimum absolute atomic E-state index is 0.0788. The van der Waals surface area contributed by atoms with Crippen molar-refractivity contribution in [1.82, 2.24) is 15.3 Å². The van der Waals surface area contributed by atoms with Gasteiger partial charge in [-0.25, -0.2) is 9.97 Å². The number of nitro groups is 1. The third-order valence-electron chi connectivity index (χ3n) is 5.10. The second-order valence-corrected chi connectivity index (χ2v) is 8.99. The molecule has 10 heteroatoms. The zero-order chi connectivity index (χ0) is 25.3. The van der Waals surface area contributed by atoms with Crippen molar-refractivity contribution in [1.29, 1.82) is 0 Å². The number of rotatable bonds is 10. The van der Waals surface area contributed by atoms with Crippen LogP contribution in [-0.4, -0.2) is 39.6 Å². The highest BCUT2D eigenvalue weighted by Crippen LogP contribution is 2.27. The summed E-state index contributed by atoms with van der Waals surface area (Å²) >= 11 is 7.34. The van der Waals surface area contributed by atoms with Gasteiger partial charge in [0.2, 0.25) is 5.91 Å². The molecule has 4 aromatic rings. The Hall–Kier alpha value is -3.95. The van der Waals surface area contributed by atoms with E-state index in [1.807, 2.05) is 66.7 Å². The number of nitrogens with zero attached hydrogens (tertiary/aromatic N) is 3. The van der Waals surface area contributed by atoms with Crippen LogP contribution in [0.2, 0.25) is 5.02 Å². The molecule has 8 nitrogen and oxygen atoms in total. The van der Waals surface area contributed by atoms with Crippen LogP contribution in [0.25, 0.3) is 22.5 Å². The SMILES string of the molecule is O=C(CSc1nc(-c2ccccc2)cc(-c2ccccc2)n1)NCCNc1ccc([N+](=O)[O-])cc1Cl. The van der Waals surface area contributed by atoms with Gasteiger partial charge in [0.1, 0.15) is 0 Å². The Balaban J connectivity index is 1.35. The molecule has 0 aliphatic rings. The lowest BCUT2D eigenvalue weighted by Crippen LogP contribution is -2.30. The van der Waals surface area contributed by atoms with E-state index >= 15 is 0 Å². The van der Waals surface area contributed by atoms with Crippen LogP contribution < -0.4 is 10.6 Å². The average Bonchev–Trinajstić information content (AvgIpc) is 2.91. The number of nitrogens with one attached hydrogen (secondary N) is 2. The standard InChI is InChI=1S/C26H22ClN5O3S/c27-21-15-20(32(34)35)11-12-22(21)28-13-14-29-25(33)17-36-26-30-23(18-7-3-1-4-8-18)16-24(31-26)19-9-5-2-6-10-19/h1-12,15-16,28H,13-14,17H2,(H,29,33). The number of aromatic nitrogens is 2. The second-order valence-electron chi connectivity index (χ2n) is 7.64. The smallest absolute Gasteiger partial charge is 0.271 e. The molecule has 2 N–H and O–H groups in total. The van der Waals surface area contributed by atoms with E-state index in [0.29, 0.717) is 23.9 Å². The van der Waals surface area contributed by atoms with E-state index in [0.717, 1.165) is 22.5 Å². The van der Waals surface area contributed by atoms with E-state index in [9.17, 15) is 14.9 Å². The van der Waals surface area contributed by atoms with E-state index < -0.39 is 4.92 Å². The number of anilines is 1. The van der Waals surface area contributed by atoms with Gasteiger partial charge in [-0.05, 0) is 12.1 Å². The van der Waals surface area contributed by atoms with Crippen LogP contribution in [0, 0.1) is 10.1 Å². The van der Waals surface area contributed by atoms with Crippen LogP contribution in [0.4, 0.5) is 11.4 Å². The summed E-state index contributed by atoms with van der Waals surface area (Å²) in [5.74, 6) is -0.00308. The van der Waals surface area contributed by atoms with Gasteiger partial charge in [-0.2, -0.15) is 0 Å². The fraction of sp³-hybridized carbons (Fsp3) is 0.115. The fourth-order valence-corrected chi connectivity index (χ4v) is 4.27. The van der Waals surface area contributed by atoms with Crippen LogP contribution in [-0.2, 0) is 4.79 Å². The Morgan fingerprint density at radius 1 is 0.889 bits per heavy atom. The molecule has 182 valence electrons. The number of non-ortho nitro benzene ring substituents is 1. The van der Waals surface area contributed by atoms with E-state index in [4.69, 9.17) is 11.6 Å². The molecule has 1 heterocycles. The van der Waals surface area contributed by atoms with Gasteiger partial charge < -0.3 is 10.6 Å². The number of amides is 1. The largest absolute Gasteiger partial charge is 0.382 e. The average molecular weight is 520 g/mol. The van der Waals surface area contributed by atoms with Gasteiger partial charge in [-0.1, -0.05) is 84.0 Å². The molecule has 0 saturated heterocycles. The van der Waals surface area contributed by atoms with Gasteiger partial charge in [0, 0.05) is 36.3 Å². The van der Waals surface area contributed by atoms with E-state index in [2.05, 4.69) is 20.6 Å². The minimum Gasteiger partial charge on any atom is -0.382 e. The number of carbonyl (C=O) groups is 1. The normalized spacial score (nSPS) is 10.6. The monoisotopic (exact) mass is 519 g/mol. The summed E-state index contributed by atoms with van der Waals surface area (Å²) in [5.41, 5.74) is 4.00. The first kappa shape index (κ1) is 25.2. The van der Waals surface area contributed by atoms with Crippen LogP contribution in [0.5, 0.6) is 0 Å². The molecule has 1 aromatic heterocycles. The Morgan fingerprint density at radius 2 is 1.50 bits per heavy atom. The van der Waals surface area contributed by atoms with Crippen LogP contribution in [0.3, 0.4) is 0 Å². The predicted molar refractivity (Wildman–Crippen MR) is 143 cm³/mol. The molecule has 1 amide bonds. The molecular formula is C26H22ClN5O3S. The predicted octanol–water partition coefficient (Wildman–Crippen LogP) is 5.69. The molecule has 0 unspecified atom stereocenters. The molecule has 0 bridgehead atoms. The Morgan fingerprint density at radius 3 is 2.06 bits per heavy atom. The highest BCUT2D eigenvalue weighted by atomic mass is 35.5.